The second-order valence-electron chi connectivity index (χ2n) is 3.13. The summed E-state index contributed by atoms with van der Waals surface area (Å²) < 4.78 is 4.40. The zero-order valence-corrected chi connectivity index (χ0v) is 10.0. The minimum absolute atomic E-state index is 0.211. The molecule has 86 valence electrons. The quantitative estimate of drug-likeness (QED) is 0.775. The van der Waals surface area contributed by atoms with Crippen molar-refractivity contribution < 1.29 is 9.53 Å². The minimum Gasteiger partial charge on any atom is -0.466 e. The Morgan fingerprint density at radius 3 is 2.75 bits per heavy atom. The van der Waals surface area contributed by atoms with Gasteiger partial charge in [-0.1, -0.05) is 11.6 Å². The smallest absolute Gasteiger partial charge is 0.302 e. The minimum atomic E-state index is -0.211. The van der Waals surface area contributed by atoms with E-state index >= 15 is 0 Å². The number of carbonyl (C=O) groups is 1. The Balaban J connectivity index is 0.000000187. The van der Waals surface area contributed by atoms with Crippen molar-refractivity contribution in [3.8, 4) is 0 Å². The fraction of sp³-hybridized carbons (Fsp3) is 0.250. The Morgan fingerprint density at radius 2 is 2.19 bits per heavy atom. The largest absolute Gasteiger partial charge is 0.466 e. The molecular formula is C12H14ClNO2. The van der Waals surface area contributed by atoms with E-state index in [0.717, 1.165) is 15.9 Å². The summed E-state index contributed by atoms with van der Waals surface area (Å²) in [6, 6.07) is 7.78. The van der Waals surface area contributed by atoms with Gasteiger partial charge in [-0.15, -0.1) is 0 Å². The summed E-state index contributed by atoms with van der Waals surface area (Å²) in [5.74, 6) is -0.211. The first-order valence-electron chi connectivity index (χ1n) is 4.99. The number of carbonyl (C=O) groups excluding carboxylic acids is 1. The molecule has 16 heavy (non-hydrogen) atoms. The van der Waals surface area contributed by atoms with Gasteiger partial charge in [0, 0.05) is 29.0 Å². The van der Waals surface area contributed by atoms with Crippen LogP contribution in [0.25, 0.3) is 10.9 Å². The third-order valence-electron chi connectivity index (χ3n) is 1.86. The SMILES string of the molecule is CCOC(C)=O.Clc1ccc2[nH]ccc2c1. The summed E-state index contributed by atoms with van der Waals surface area (Å²) in [5.41, 5.74) is 1.13. The summed E-state index contributed by atoms with van der Waals surface area (Å²) in [6.45, 7) is 3.65. The predicted molar refractivity (Wildman–Crippen MR) is 65.6 cm³/mol. The van der Waals surface area contributed by atoms with E-state index in [9.17, 15) is 4.79 Å². The average Bonchev–Trinajstić information content (AvgIpc) is 2.65. The maximum atomic E-state index is 9.82. The molecule has 0 spiro atoms. The number of aromatic amines is 1. The first kappa shape index (κ1) is 12.6. The summed E-state index contributed by atoms with van der Waals surface area (Å²) in [6.07, 6.45) is 1.90. The van der Waals surface area contributed by atoms with E-state index in [1.54, 1.807) is 6.92 Å². The maximum absolute atomic E-state index is 9.82. The second kappa shape index (κ2) is 6.18. The molecule has 4 heteroatoms. The van der Waals surface area contributed by atoms with Crippen molar-refractivity contribution in [3.63, 3.8) is 0 Å². The number of H-pyrrole nitrogens is 1. The number of hydrogen-bond donors (Lipinski definition) is 1. The van der Waals surface area contributed by atoms with Crippen molar-refractivity contribution in [3.05, 3.63) is 35.5 Å². The van der Waals surface area contributed by atoms with Crippen LogP contribution in [-0.2, 0) is 9.53 Å². The number of halogens is 1. The highest BCUT2D eigenvalue weighted by Crippen LogP contribution is 2.17. The first-order chi connectivity index (χ1) is 7.63. The van der Waals surface area contributed by atoms with Crippen molar-refractivity contribution in [1.29, 1.82) is 0 Å². The Morgan fingerprint density at radius 1 is 1.44 bits per heavy atom. The molecular weight excluding hydrogens is 226 g/mol. The molecule has 2 aromatic rings. The van der Waals surface area contributed by atoms with E-state index in [1.165, 1.54) is 6.92 Å². The Bertz CT molecular complexity index is 465. The van der Waals surface area contributed by atoms with Crippen LogP contribution in [0.15, 0.2) is 30.5 Å². The van der Waals surface area contributed by atoms with Crippen LogP contribution in [0.3, 0.4) is 0 Å². The average molecular weight is 240 g/mol. The van der Waals surface area contributed by atoms with Crippen molar-refractivity contribution >= 4 is 28.5 Å². The molecule has 0 saturated heterocycles. The van der Waals surface area contributed by atoms with Gasteiger partial charge in [0.15, 0.2) is 0 Å². The van der Waals surface area contributed by atoms with Gasteiger partial charge in [-0.25, -0.2) is 0 Å². The third-order valence-corrected chi connectivity index (χ3v) is 2.10. The molecule has 0 amide bonds. The molecule has 0 atom stereocenters. The summed E-state index contributed by atoms with van der Waals surface area (Å²) in [5, 5.41) is 1.94. The van der Waals surface area contributed by atoms with Crippen LogP contribution < -0.4 is 0 Å². The fourth-order valence-electron chi connectivity index (χ4n) is 1.23. The zero-order chi connectivity index (χ0) is 12.0. The van der Waals surface area contributed by atoms with E-state index < -0.39 is 0 Å². The standard InChI is InChI=1S/C8H6ClN.C4H8O2/c9-7-1-2-8-6(5-7)3-4-10-8;1-3-6-4(2)5/h1-5,10H;3H2,1-2H3. The Hall–Kier alpha value is -1.48. The van der Waals surface area contributed by atoms with E-state index in [2.05, 4.69) is 9.72 Å². The molecule has 0 aliphatic heterocycles. The van der Waals surface area contributed by atoms with Gasteiger partial charge in [-0.05, 0) is 31.2 Å². The maximum Gasteiger partial charge on any atom is 0.302 e. The molecule has 0 unspecified atom stereocenters. The topological polar surface area (TPSA) is 42.1 Å². The Labute approximate surface area is 99.4 Å². The molecule has 0 fully saturated rings. The number of aromatic nitrogens is 1. The van der Waals surface area contributed by atoms with Gasteiger partial charge >= 0.3 is 5.97 Å². The lowest BCUT2D eigenvalue weighted by molar-refractivity contribution is -0.140. The van der Waals surface area contributed by atoms with Crippen LogP contribution in [0.5, 0.6) is 0 Å². The highest BCUT2D eigenvalue weighted by molar-refractivity contribution is 6.31. The van der Waals surface area contributed by atoms with Crippen molar-refractivity contribution in [1.82, 2.24) is 4.98 Å². The summed E-state index contributed by atoms with van der Waals surface area (Å²) in [7, 11) is 0. The van der Waals surface area contributed by atoms with Crippen LogP contribution in [0, 0.1) is 0 Å². The highest BCUT2D eigenvalue weighted by Gasteiger charge is 1.92. The number of benzene rings is 1. The number of esters is 1. The van der Waals surface area contributed by atoms with Crippen molar-refractivity contribution in [2.75, 3.05) is 6.61 Å². The molecule has 1 aromatic carbocycles. The molecule has 1 aromatic heterocycles. The predicted octanol–water partition coefficient (Wildman–Crippen LogP) is 3.39. The van der Waals surface area contributed by atoms with Crippen molar-refractivity contribution in [2.45, 2.75) is 13.8 Å². The lowest BCUT2D eigenvalue weighted by Crippen LogP contribution is -1.95. The molecule has 1 N–H and O–H groups in total. The molecule has 1 heterocycles. The summed E-state index contributed by atoms with van der Waals surface area (Å²) in [4.78, 5) is 12.9. The van der Waals surface area contributed by atoms with E-state index in [-0.39, 0.29) is 5.97 Å². The van der Waals surface area contributed by atoms with Crippen LogP contribution in [0.4, 0.5) is 0 Å². The highest BCUT2D eigenvalue weighted by atomic mass is 35.5. The first-order valence-corrected chi connectivity index (χ1v) is 5.37. The number of nitrogens with one attached hydrogen (secondary N) is 1. The van der Waals surface area contributed by atoms with Gasteiger partial charge in [0.2, 0.25) is 0 Å². The van der Waals surface area contributed by atoms with E-state index in [4.69, 9.17) is 11.6 Å². The van der Waals surface area contributed by atoms with Gasteiger partial charge in [-0.3, -0.25) is 4.79 Å². The number of rotatable bonds is 1. The molecule has 0 aliphatic carbocycles. The van der Waals surface area contributed by atoms with Crippen LogP contribution >= 0.6 is 11.6 Å². The van der Waals surface area contributed by atoms with Gasteiger partial charge in [0.25, 0.3) is 0 Å². The normalized spacial score (nSPS) is 9.44. The van der Waals surface area contributed by atoms with Crippen molar-refractivity contribution in [2.24, 2.45) is 0 Å². The fourth-order valence-corrected chi connectivity index (χ4v) is 1.41. The molecule has 0 aliphatic rings. The molecule has 0 radical (unpaired) electrons. The van der Waals surface area contributed by atoms with E-state index in [0.29, 0.717) is 6.61 Å². The molecule has 3 nitrogen and oxygen atoms in total. The van der Waals surface area contributed by atoms with Crippen LogP contribution in [-0.4, -0.2) is 17.6 Å². The van der Waals surface area contributed by atoms with E-state index in [1.807, 2.05) is 30.5 Å². The third kappa shape index (κ3) is 3.95. The number of ether oxygens (including phenoxy) is 1. The lowest BCUT2D eigenvalue weighted by atomic mass is 10.2. The number of fused-ring (bicyclic) bond motifs is 1. The van der Waals surface area contributed by atoms with Gasteiger partial charge in [0.1, 0.15) is 0 Å². The molecule has 2 rings (SSSR count). The summed E-state index contributed by atoms with van der Waals surface area (Å²) >= 11 is 5.76. The monoisotopic (exact) mass is 239 g/mol. The molecule has 0 bridgehead atoms. The van der Waals surface area contributed by atoms with Gasteiger partial charge in [0.05, 0.1) is 6.61 Å². The van der Waals surface area contributed by atoms with Gasteiger partial charge in [-0.2, -0.15) is 0 Å². The van der Waals surface area contributed by atoms with Gasteiger partial charge < -0.3 is 9.72 Å². The van der Waals surface area contributed by atoms with Crippen LogP contribution in [0.2, 0.25) is 5.02 Å². The Kier molecular flexibility index (Phi) is 4.86. The van der Waals surface area contributed by atoms with Crippen LogP contribution in [0.1, 0.15) is 13.8 Å². The second-order valence-corrected chi connectivity index (χ2v) is 3.57. The molecule has 0 saturated carbocycles. The number of hydrogen-bond acceptors (Lipinski definition) is 2. The zero-order valence-electron chi connectivity index (χ0n) is 9.29. The lowest BCUT2D eigenvalue weighted by Gasteiger charge is -1.89.